The van der Waals surface area contributed by atoms with Gasteiger partial charge in [0.25, 0.3) is 5.91 Å². The van der Waals surface area contributed by atoms with Crippen molar-refractivity contribution in [3.05, 3.63) is 35.6 Å². The Bertz CT molecular complexity index is 725. The fourth-order valence-corrected chi connectivity index (χ4v) is 3.85. The summed E-state index contributed by atoms with van der Waals surface area (Å²) in [4.78, 5) is 14.3. The van der Waals surface area contributed by atoms with Crippen LogP contribution in [0.4, 0.5) is 0 Å². The van der Waals surface area contributed by atoms with Gasteiger partial charge in [0.1, 0.15) is 5.58 Å². The van der Waals surface area contributed by atoms with E-state index in [1.807, 2.05) is 31.2 Å². The number of hydrogen-bond acceptors (Lipinski definition) is 3. The van der Waals surface area contributed by atoms with Gasteiger partial charge in [-0.15, -0.1) is 0 Å². The van der Waals surface area contributed by atoms with Gasteiger partial charge in [-0.1, -0.05) is 18.2 Å². The molecule has 1 aliphatic rings. The van der Waals surface area contributed by atoms with E-state index in [9.17, 15) is 4.79 Å². The normalized spacial score (nSPS) is 20.4. The summed E-state index contributed by atoms with van der Waals surface area (Å²) in [5, 5.41) is 3.99. The molecule has 1 aliphatic heterocycles. The maximum Gasteiger partial charge on any atom is 0.287 e. The van der Waals surface area contributed by atoms with Gasteiger partial charge < -0.3 is 19.4 Å². The van der Waals surface area contributed by atoms with Gasteiger partial charge >= 0.3 is 0 Å². The molecule has 0 aliphatic carbocycles. The first-order chi connectivity index (χ1) is 12.7. The SMILES string of the molecule is CCOCc1c(C(=O)NCCC[NH+]2CCCC[C@@H]2C)oc2ccccc12. The smallest absolute Gasteiger partial charge is 0.287 e. The van der Waals surface area contributed by atoms with Crippen molar-refractivity contribution >= 4 is 16.9 Å². The van der Waals surface area contributed by atoms with Crippen LogP contribution in [-0.2, 0) is 11.3 Å². The van der Waals surface area contributed by atoms with Crippen LogP contribution in [-0.4, -0.2) is 38.2 Å². The van der Waals surface area contributed by atoms with Crippen molar-refractivity contribution in [1.82, 2.24) is 5.32 Å². The molecule has 2 atom stereocenters. The summed E-state index contributed by atoms with van der Waals surface area (Å²) in [7, 11) is 0. The Morgan fingerprint density at radius 1 is 1.35 bits per heavy atom. The monoisotopic (exact) mass is 359 g/mol. The summed E-state index contributed by atoms with van der Waals surface area (Å²) in [5.74, 6) is 0.246. The van der Waals surface area contributed by atoms with Gasteiger partial charge in [0.15, 0.2) is 5.76 Å². The second-order valence-electron chi connectivity index (χ2n) is 7.21. The average Bonchev–Trinajstić information content (AvgIpc) is 3.03. The van der Waals surface area contributed by atoms with Crippen LogP contribution in [0.3, 0.4) is 0 Å². The number of carbonyl (C=O) groups is 1. The Balaban J connectivity index is 1.58. The standard InChI is InChI=1S/C21H30N2O3/c1-3-25-15-18-17-10-4-5-11-19(17)26-20(18)21(24)22-12-8-14-23-13-7-6-9-16(23)2/h4-5,10-11,16H,3,6-9,12-15H2,1-2H3,(H,22,24)/p+1/t16-/m0/s1. The maximum absolute atomic E-state index is 12.6. The summed E-state index contributed by atoms with van der Waals surface area (Å²) >= 11 is 0. The summed E-state index contributed by atoms with van der Waals surface area (Å²) in [5.41, 5.74) is 1.58. The van der Waals surface area contributed by atoms with Crippen LogP contribution in [0.5, 0.6) is 0 Å². The number of hydrogen-bond donors (Lipinski definition) is 2. The minimum atomic E-state index is -0.141. The summed E-state index contributed by atoms with van der Waals surface area (Å²) in [6.45, 7) is 8.35. The molecule has 0 radical (unpaired) electrons. The number of nitrogens with one attached hydrogen (secondary N) is 2. The molecule has 1 unspecified atom stereocenters. The van der Waals surface area contributed by atoms with E-state index in [1.165, 1.54) is 25.8 Å². The van der Waals surface area contributed by atoms with Gasteiger partial charge in [0, 0.05) is 30.5 Å². The molecule has 2 heterocycles. The number of fused-ring (bicyclic) bond motifs is 1. The zero-order valence-corrected chi connectivity index (χ0v) is 16.0. The lowest BCUT2D eigenvalue weighted by molar-refractivity contribution is -0.928. The first-order valence-corrected chi connectivity index (χ1v) is 9.91. The quantitative estimate of drug-likeness (QED) is 0.712. The number of furan rings is 1. The van der Waals surface area contributed by atoms with Crippen LogP contribution in [0.2, 0.25) is 0 Å². The van der Waals surface area contributed by atoms with Crippen LogP contribution in [0.1, 0.15) is 55.6 Å². The number of quaternary nitrogens is 1. The molecule has 0 bridgehead atoms. The lowest BCUT2D eigenvalue weighted by Crippen LogP contribution is -3.16. The highest BCUT2D eigenvalue weighted by Crippen LogP contribution is 2.26. The minimum Gasteiger partial charge on any atom is -0.451 e. The number of piperidine rings is 1. The second-order valence-corrected chi connectivity index (χ2v) is 7.21. The molecule has 0 spiro atoms. The summed E-state index contributed by atoms with van der Waals surface area (Å²) in [6.07, 6.45) is 5.00. The molecule has 5 nitrogen and oxygen atoms in total. The Morgan fingerprint density at radius 2 is 2.19 bits per heavy atom. The zero-order valence-electron chi connectivity index (χ0n) is 16.0. The topological polar surface area (TPSA) is 55.9 Å². The summed E-state index contributed by atoms with van der Waals surface area (Å²) < 4.78 is 11.4. The third-order valence-electron chi connectivity index (χ3n) is 5.40. The van der Waals surface area contributed by atoms with E-state index in [-0.39, 0.29) is 5.91 Å². The molecule has 1 aromatic heterocycles. The largest absolute Gasteiger partial charge is 0.451 e. The molecular formula is C21H31N2O3+. The van der Waals surface area contributed by atoms with Gasteiger partial charge in [-0.25, -0.2) is 0 Å². The molecule has 1 aromatic carbocycles. The van der Waals surface area contributed by atoms with Crippen LogP contribution >= 0.6 is 0 Å². The van der Waals surface area contributed by atoms with Crippen LogP contribution in [0.25, 0.3) is 11.0 Å². The third-order valence-corrected chi connectivity index (χ3v) is 5.40. The van der Waals surface area contributed by atoms with Gasteiger partial charge in [-0.3, -0.25) is 4.79 Å². The van der Waals surface area contributed by atoms with E-state index in [0.29, 0.717) is 25.5 Å². The Labute approximate surface area is 155 Å². The van der Waals surface area contributed by atoms with Crippen molar-refractivity contribution in [2.45, 2.75) is 52.2 Å². The Hall–Kier alpha value is -1.85. The van der Waals surface area contributed by atoms with E-state index in [4.69, 9.17) is 9.15 Å². The third kappa shape index (κ3) is 4.46. The molecule has 1 saturated heterocycles. The molecule has 1 fully saturated rings. The van der Waals surface area contributed by atoms with Crippen LogP contribution in [0.15, 0.2) is 28.7 Å². The van der Waals surface area contributed by atoms with Crippen LogP contribution < -0.4 is 10.2 Å². The highest BCUT2D eigenvalue weighted by atomic mass is 16.5. The highest BCUT2D eigenvalue weighted by Gasteiger charge is 2.22. The lowest BCUT2D eigenvalue weighted by Gasteiger charge is -2.30. The van der Waals surface area contributed by atoms with Crippen molar-refractivity contribution in [2.24, 2.45) is 0 Å². The van der Waals surface area contributed by atoms with E-state index in [1.54, 1.807) is 4.90 Å². The average molecular weight is 359 g/mol. The first-order valence-electron chi connectivity index (χ1n) is 9.91. The number of para-hydroxylation sites is 1. The predicted octanol–water partition coefficient (Wildman–Crippen LogP) is 2.55. The van der Waals surface area contributed by atoms with Crippen molar-refractivity contribution in [1.29, 1.82) is 0 Å². The summed E-state index contributed by atoms with van der Waals surface area (Å²) in [6, 6.07) is 8.49. The molecule has 2 aromatic rings. The number of ether oxygens (including phenoxy) is 1. The van der Waals surface area contributed by atoms with Crippen molar-refractivity contribution < 1.29 is 18.8 Å². The molecular weight excluding hydrogens is 328 g/mol. The van der Waals surface area contributed by atoms with E-state index in [2.05, 4.69) is 12.2 Å². The van der Waals surface area contributed by atoms with E-state index in [0.717, 1.165) is 35.5 Å². The highest BCUT2D eigenvalue weighted by molar-refractivity contribution is 5.99. The fraction of sp³-hybridized carbons (Fsp3) is 0.571. The second kappa shape index (κ2) is 9.19. The molecule has 0 saturated carbocycles. The molecule has 142 valence electrons. The predicted molar refractivity (Wildman–Crippen MR) is 103 cm³/mol. The number of likely N-dealkylation sites (tertiary alicyclic amines) is 1. The van der Waals surface area contributed by atoms with E-state index >= 15 is 0 Å². The van der Waals surface area contributed by atoms with Crippen molar-refractivity contribution in [2.75, 3.05) is 26.2 Å². The van der Waals surface area contributed by atoms with Crippen LogP contribution in [0, 0.1) is 0 Å². The molecule has 26 heavy (non-hydrogen) atoms. The van der Waals surface area contributed by atoms with Gasteiger partial charge in [0.05, 0.1) is 25.7 Å². The van der Waals surface area contributed by atoms with Gasteiger partial charge in [-0.2, -0.15) is 0 Å². The number of carbonyl (C=O) groups excluding carboxylic acids is 1. The van der Waals surface area contributed by atoms with Gasteiger partial charge in [-0.05, 0) is 39.2 Å². The molecule has 5 heteroatoms. The lowest BCUT2D eigenvalue weighted by atomic mass is 10.0. The van der Waals surface area contributed by atoms with Crippen molar-refractivity contribution in [3.8, 4) is 0 Å². The molecule has 3 rings (SSSR count). The zero-order chi connectivity index (χ0) is 18.4. The van der Waals surface area contributed by atoms with E-state index < -0.39 is 0 Å². The Kier molecular flexibility index (Phi) is 6.69. The van der Waals surface area contributed by atoms with Crippen molar-refractivity contribution in [3.63, 3.8) is 0 Å². The number of benzene rings is 1. The first kappa shape index (κ1) is 18.9. The molecule has 2 N–H and O–H groups in total. The Morgan fingerprint density at radius 3 is 3.00 bits per heavy atom. The molecule has 1 amide bonds. The number of amides is 1. The van der Waals surface area contributed by atoms with Gasteiger partial charge in [0.2, 0.25) is 0 Å². The fourth-order valence-electron chi connectivity index (χ4n) is 3.85. The minimum absolute atomic E-state index is 0.141. The maximum atomic E-state index is 12.6. The number of rotatable bonds is 8.